The lowest BCUT2D eigenvalue weighted by molar-refractivity contribution is -0.119. The molecule has 0 unspecified atom stereocenters. The van der Waals surface area contributed by atoms with Crippen molar-refractivity contribution in [1.29, 1.82) is 0 Å². The Morgan fingerprint density at radius 3 is 2.65 bits per heavy atom. The summed E-state index contributed by atoms with van der Waals surface area (Å²) >= 11 is 6.32. The van der Waals surface area contributed by atoms with Crippen molar-refractivity contribution in [2.45, 2.75) is 33.4 Å². The number of hydrogen-bond acceptors (Lipinski definition) is 3. The number of benzene rings is 1. The fourth-order valence-corrected chi connectivity index (χ4v) is 2.18. The molecule has 0 heterocycles. The number of carbonyl (C=O) groups is 1. The number of nitrogens with one attached hydrogen (secondary N) is 2. The van der Waals surface area contributed by atoms with Gasteiger partial charge < -0.3 is 15.5 Å². The van der Waals surface area contributed by atoms with E-state index >= 15 is 0 Å². The van der Waals surface area contributed by atoms with Crippen molar-refractivity contribution < 1.29 is 4.79 Å². The standard InChI is InChI=1S/C15H24ClN3O/c1-5-19(10-15(20)17-4)14-8-6-7-13(16)12(14)9-18-11(2)3/h6-8,11,18H,5,9-10H2,1-4H3,(H,17,20). The van der Waals surface area contributed by atoms with E-state index in [4.69, 9.17) is 11.6 Å². The highest BCUT2D eigenvalue weighted by atomic mass is 35.5. The molecule has 0 fully saturated rings. The van der Waals surface area contributed by atoms with Gasteiger partial charge in [0.2, 0.25) is 5.91 Å². The molecule has 1 amide bonds. The summed E-state index contributed by atoms with van der Waals surface area (Å²) in [4.78, 5) is 13.6. The number of rotatable bonds is 7. The molecule has 0 atom stereocenters. The van der Waals surface area contributed by atoms with Gasteiger partial charge in [0.1, 0.15) is 0 Å². The Balaban J connectivity index is 3.01. The fraction of sp³-hybridized carbons (Fsp3) is 0.533. The Hall–Kier alpha value is -1.26. The highest BCUT2D eigenvalue weighted by Crippen LogP contribution is 2.27. The molecule has 1 rings (SSSR count). The quantitative estimate of drug-likeness (QED) is 0.812. The molecule has 2 N–H and O–H groups in total. The maximum absolute atomic E-state index is 11.6. The number of nitrogens with zero attached hydrogens (tertiary/aromatic N) is 1. The molecule has 4 nitrogen and oxygen atoms in total. The first-order chi connectivity index (χ1) is 9.49. The maximum atomic E-state index is 11.6. The first kappa shape index (κ1) is 16.8. The van der Waals surface area contributed by atoms with Crippen LogP contribution in [0.1, 0.15) is 26.3 Å². The van der Waals surface area contributed by atoms with Crippen LogP contribution in [0.2, 0.25) is 5.02 Å². The van der Waals surface area contributed by atoms with Crippen LogP contribution >= 0.6 is 11.6 Å². The molecule has 0 aliphatic heterocycles. The van der Waals surface area contributed by atoms with Gasteiger partial charge in [0, 0.05) is 42.5 Å². The normalized spacial score (nSPS) is 10.7. The second-order valence-corrected chi connectivity index (χ2v) is 5.37. The summed E-state index contributed by atoms with van der Waals surface area (Å²) in [5.41, 5.74) is 2.05. The van der Waals surface area contributed by atoms with Gasteiger partial charge in [0.25, 0.3) is 0 Å². The third-order valence-electron chi connectivity index (χ3n) is 3.12. The molecule has 0 radical (unpaired) electrons. The van der Waals surface area contributed by atoms with E-state index in [9.17, 15) is 4.79 Å². The van der Waals surface area contributed by atoms with E-state index in [0.717, 1.165) is 22.8 Å². The zero-order chi connectivity index (χ0) is 15.1. The number of carbonyl (C=O) groups excluding carboxylic acids is 1. The lowest BCUT2D eigenvalue weighted by Crippen LogP contribution is -2.36. The molecular formula is C15H24ClN3O. The first-order valence-corrected chi connectivity index (χ1v) is 7.33. The average Bonchev–Trinajstić information content (AvgIpc) is 2.42. The largest absolute Gasteiger partial charge is 0.362 e. The van der Waals surface area contributed by atoms with E-state index in [1.807, 2.05) is 30.0 Å². The van der Waals surface area contributed by atoms with Gasteiger partial charge in [-0.15, -0.1) is 0 Å². The number of halogens is 1. The molecule has 0 aromatic heterocycles. The van der Waals surface area contributed by atoms with Crippen molar-refractivity contribution in [1.82, 2.24) is 10.6 Å². The minimum atomic E-state index is -0.00501. The summed E-state index contributed by atoms with van der Waals surface area (Å²) in [5.74, 6) is -0.00501. The monoisotopic (exact) mass is 297 g/mol. The van der Waals surface area contributed by atoms with Crippen molar-refractivity contribution in [3.05, 3.63) is 28.8 Å². The van der Waals surface area contributed by atoms with E-state index in [0.29, 0.717) is 19.1 Å². The van der Waals surface area contributed by atoms with Gasteiger partial charge in [0.15, 0.2) is 0 Å². The fourth-order valence-electron chi connectivity index (χ4n) is 1.94. The van der Waals surface area contributed by atoms with Gasteiger partial charge in [-0.05, 0) is 19.1 Å². The Labute approximate surface area is 126 Å². The van der Waals surface area contributed by atoms with Crippen LogP contribution < -0.4 is 15.5 Å². The maximum Gasteiger partial charge on any atom is 0.239 e. The summed E-state index contributed by atoms with van der Waals surface area (Å²) in [7, 11) is 1.65. The van der Waals surface area contributed by atoms with Crippen LogP contribution in [0.15, 0.2) is 18.2 Å². The summed E-state index contributed by atoms with van der Waals surface area (Å²) in [6.07, 6.45) is 0. The van der Waals surface area contributed by atoms with E-state index in [1.165, 1.54) is 0 Å². The number of hydrogen-bond donors (Lipinski definition) is 2. The van der Waals surface area contributed by atoms with Crippen molar-refractivity contribution >= 4 is 23.2 Å². The van der Waals surface area contributed by atoms with Crippen LogP contribution in [-0.4, -0.2) is 32.1 Å². The van der Waals surface area contributed by atoms with Crippen LogP contribution in [0.25, 0.3) is 0 Å². The van der Waals surface area contributed by atoms with Crippen LogP contribution in [0.4, 0.5) is 5.69 Å². The Bertz CT molecular complexity index is 449. The number of likely N-dealkylation sites (N-methyl/N-ethyl adjacent to an activating group) is 2. The van der Waals surface area contributed by atoms with Gasteiger partial charge in [0.05, 0.1) is 6.54 Å². The predicted octanol–water partition coefficient (Wildman–Crippen LogP) is 2.41. The number of anilines is 1. The second kappa shape index (κ2) is 8.12. The third-order valence-corrected chi connectivity index (χ3v) is 3.47. The molecule has 0 saturated heterocycles. The lowest BCUT2D eigenvalue weighted by Gasteiger charge is -2.26. The van der Waals surface area contributed by atoms with Crippen molar-refractivity contribution in [2.24, 2.45) is 0 Å². The third kappa shape index (κ3) is 4.69. The van der Waals surface area contributed by atoms with Crippen LogP contribution in [0.3, 0.4) is 0 Å². The summed E-state index contributed by atoms with van der Waals surface area (Å²) in [5, 5.41) is 6.76. The molecule has 1 aromatic rings. The molecule has 0 bridgehead atoms. The average molecular weight is 298 g/mol. The van der Waals surface area contributed by atoms with Gasteiger partial charge in [-0.2, -0.15) is 0 Å². The summed E-state index contributed by atoms with van der Waals surface area (Å²) in [6, 6.07) is 6.20. The summed E-state index contributed by atoms with van der Waals surface area (Å²) < 4.78 is 0. The van der Waals surface area contributed by atoms with Crippen molar-refractivity contribution in [3.8, 4) is 0 Å². The van der Waals surface area contributed by atoms with Gasteiger partial charge in [-0.3, -0.25) is 4.79 Å². The molecule has 0 saturated carbocycles. The molecule has 0 aliphatic rings. The van der Waals surface area contributed by atoms with Crippen LogP contribution in [0.5, 0.6) is 0 Å². The molecule has 0 aliphatic carbocycles. The molecule has 0 spiro atoms. The molecule has 1 aromatic carbocycles. The van der Waals surface area contributed by atoms with Crippen molar-refractivity contribution in [2.75, 3.05) is 25.0 Å². The second-order valence-electron chi connectivity index (χ2n) is 4.96. The first-order valence-electron chi connectivity index (χ1n) is 6.95. The summed E-state index contributed by atoms with van der Waals surface area (Å²) in [6.45, 7) is 8.00. The highest BCUT2D eigenvalue weighted by Gasteiger charge is 2.15. The van der Waals surface area contributed by atoms with Crippen LogP contribution in [0, 0.1) is 0 Å². The molecular weight excluding hydrogens is 274 g/mol. The minimum absolute atomic E-state index is 0.00501. The van der Waals surface area contributed by atoms with Crippen molar-refractivity contribution in [3.63, 3.8) is 0 Å². The van der Waals surface area contributed by atoms with E-state index in [2.05, 4.69) is 24.5 Å². The van der Waals surface area contributed by atoms with E-state index < -0.39 is 0 Å². The van der Waals surface area contributed by atoms with E-state index in [-0.39, 0.29) is 5.91 Å². The SMILES string of the molecule is CCN(CC(=O)NC)c1cccc(Cl)c1CNC(C)C. The lowest BCUT2D eigenvalue weighted by atomic mass is 10.1. The van der Waals surface area contributed by atoms with Gasteiger partial charge in [-0.1, -0.05) is 31.5 Å². The Morgan fingerprint density at radius 2 is 2.10 bits per heavy atom. The Kier molecular flexibility index (Phi) is 6.82. The molecule has 5 heteroatoms. The number of amides is 1. The smallest absolute Gasteiger partial charge is 0.239 e. The van der Waals surface area contributed by atoms with Gasteiger partial charge in [-0.25, -0.2) is 0 Å². The molecule has 112 valence electrons. The van der Waals surface area contributed by atoms with Gasteiger partial charge >= 0.3 is 0 Å². The highest BCUT2D eigenvalue weighted by molar-refractivity contribution is 6.31. The van der Waals surface area contributed by atoms with Crippen LogP contribution in [-0.2, 0) is 11.3 Å². The predicted molar refractivity (Wildman–Crippen MR) is 85.4 cm³/mol. The minimum Gasteiger partial charge on any atom is -0.362 e. The van der Waals surface area contributed by atoms with E-state index in [1.54, 1.807) is 7.05 Å². The zero-order valence-corrected chi connectivity index (χ0v) is 13.4. The Morgan fingerprint density at radius 1 is 1.40 bits per heavy atom. The topological polar surface area (TPSA) is 44.4 Å². The molecule has 20 heavy (non-hydrogen) atoms. The zero-order valence-electron chi connectivity index (χ0n) is 12.7.